The highest BCUT2D eigenvalue weighted by Crippen LogP contribution is 2.29. The van der Waals surface area contributed by atoms with E-state index in [1.807, 2.05) is 31.2 Å². The second kappa shape index (κ2) is 6.38. The van der Waals surface area contributed by atoms with Gasteiger partial charge in [-0.2, -0.15) is 0 Å². The van der Waals surface area contributed by atoms with Crippen molar-refractivity contribution in [2.24, 2.45) is 0 Å². The first-order chi connectivity index (χ1) is 9.22. The molecule has 2 rings (SSSR count). The Morgan fingerprint density at radius 1 is 1.21 bits per heavy atom. The van der Waals surface area contributed by atoms with Crippen LogP contribution in [0.3, 0.4) is 0 Å². The van der Waals surface area contributed by atoms with Crippen LogP contribution in [0.25, 0.3) is 0 Å². The summed E-state index contributed by atoms with van der Waals surface area (Å²) in [5, 5.41) is 6.36. The molecule has 0 fully saturated rings. The molecule has 0 saturated carbocycles. The second-order valence-corrected chi connectivity index (χ2v) is 4.65. The van der Waals surface area contributed by atoms with Crippen molar-refractivity contribution in [2.75, 3.05) is 24.3 Å². The number of hydrogen-bond acceptors (Lipinski definition) is 5. The molecular formula is C13H15BrN4O. The lowest BCUT2D eigenvalue weighted by atomic mass is 10.3. The molecule has 0 radical (unpaired) electrons. The van der Waals surface area contributed by atoms with Crippen molar-refractivity contribution in [1.29, 1.82) is 0 Å². The van der Waals surface area contributed by atoms with Crippen molar-refractivity contribution in [3.8, 4) is 5.75 Å². The van der Waals surface area contributed by atoms with E-state index in [9.17, 15) is 0 Å². The van der Waals surface area contributed by atoms with Gasteiger partial charge in [-0.15, -0.1) is 0 Å². The van der Waals surface area contributed by atoms with Crippen molar-refractivity contribution < 1.29 is 4.74 Å². The number of ether oxygens (including phenoxy) is 1. The number of nitrogens with zero attached hydrogens (tertiary/aromatic N) is 2. The van der Waals surface area contributed by atoms with Crippen LogP contribution in [0.4, 0.5) is 17.3 Å². The summed E-state index contributed by atoms with van der Waals surface area (Å²) in [4.78, 5) is 8.30. The van der Waals surface area contributed by atoms with Crippen molar-refractivity contribution in [3.63, 3.8) is 0 Å². The summed E-state index contributed by atoms with van der Waals surface area (Å²) >= 11 is 3.45. The summed E-state index contributed by atoms with van der Waals surface area (Å²) in [6.07, 6.45) is 1.53. The van der Waals surface area contributed by atoms with Gasteiger partial charge >= 0.3 is 0 Å². The molecule has 1 aromatic heterocycles. The Morgan fingerprint density at radius 2 is 2.00 bits per heavy atom. The highest BCUT2D eigenvalue weighted by Gasteiger charge is 2.03. The van der Waals surface area contributed by atoms with Gasteiger partial charge in [-0.3, -0.25) is 0 Å². The lowest BCUT2D eigenvalue weighted by molar-refractivity contribution is 0.412. The van der Waals surface area contributed by atoms with Gasteiger partial charge < -0.3 is 15.4 Å². The van der Waals surface area contributed by atoms with Gasteiger partial charge in [0.25, 0.3) is 0 Å². The predicted octanol–water partition coefficient (Wildman–Crippen LogP) is 3.42. The molecule has 1 aromatic carbocycles. The Balaban J connectivity index is 2.16. The number of halogens is 1. The van der Waals surface area contributed by atoms with Crippen molar-refractivity contribution in [2.45, 2.75) is 6.92 Å². The summed E-state index contributed by atoms with van der Waals surface area (Å²) in [5.41, 5.74) is 0.925. The van der Waals surface area contributed by atoms with E-state index in [1.54, 1.807) is 7.11 Å². The first kappa shape index (κ1) is 13.6. The Hall–Kier alpha value is -1.82. The number of anilines is 3. The lowest BCUT2D eigenvalue weighted by Gasteiger charge is -2.09. The quantitative estimate of drug-likeness (QED) is 0.883. The fourth-order valence-electron chi connectivity index (χ4n) is 1.60. The van der Waals surface area contributed by atoms with E-state index in [-0.39, 0.29) is 0 Å². The molecule has 0 aliphatic heterocycles. The van der Waals surface area contributed by atoms with E-state index < -0.39 is 0 Å². The minimum absolute atomic E-state index is 0.739. The Labute approximate surface area is 120 Å². The molecule has 5 nitrogen and oxygen atoms in total. The minimum Gasteiger partial charge on any atom is -0.496 e. The molecular weight excluding hydrogens is 308 g/mol. The van der Waals surface area contributed by atoms with E-state index in [1.165, 1.54) is 6.33 Å². The number of nitrogens with one attached hydrogen (secondary N) is 2. The molecule has 2 aromatic rings. The monoisotopic (exact) mass is 322 g/mol. The Kier molecular flexibility index (Phi) is 4.57. The van der Waals surface area contributed by atoms with Crippen molar-refractivity contribution in [1.82, 2.24) is 9.97 Å². The van der Waals surface area contributed by atoms with Gasteiger partial charge in [-0.05, 0) is 41.1 Å². The fraction of sp³-hybridized carbons (Fsp3) is 0.231. The van der Waals surface area contributed by atoms with Gasteiger partial charge in [0.1, 0.15) is 23.7 Å². The Bertz CT molecular complexity index is 562. The fourth-order valence-corrected chi connectivity index (χ4v) is 2.14. The van der Waals surface area contributed by atoms with Crippen LogP contribution in [0, 0.1) is 0 Å². The number of rotatable bonds is 5. The zero-order chi connectivity index (χ0) is 13.7. The molecule has 0 aliphatic rings. The highest BCUT2D eigenvalue weighted by molar-refractivity contribution is 9.10. The third-order valence-corrected chi connectivity index (χ3v) is 3.07. The maximum atomic E-state index is 5.19. The molecule has 100 valence electrons. The normalized spacial score (nSPS) is 10.1. The Morgan fingerprint density at radius 3 is 2.68 bits per heavy atom. The maximum Gasteiger partial charge on any atom is 0.135 e. The van der Waals surface area contributed by atoms with Crippen molar-refractivity contribution in [3.05, 3.63) is 35.1 Å². The molecule has 0 saturated heterocycles. The van der Waals surface area contributed by atoms with Crippen LogP contribution < -0.4 is 15.4 Å². The smallest absolute Gasteiger partial charge is 0.135 e. The minimum atomic E-state index is 0.739. The maximum absolute atomic E-state index is 5.19. The van der Waals surface area contributed by atoms with Gasteiger partial charge in [0.05, 0.1) is 11.6 Å². The zero-order valence-corrected chi connectivity index (χ0v) is 12.4. The summed E-state index contributed by atoms with van der Waals surface area (Å²) < 4.78 is 6.08. The number of aromatic nitrogens is 2. The topological polar surface area (TPSA) is 59.1 Å². The third-order valence-electron chi connectivity index (χ3n) is 2.45. The zero-order valence-electron chi connectivity index (χ0n) is 10.8. The largest absolute Gasteiger partial charge is 0.496 e. The molecule has 1 heterocycles. The average Bonchev–Trinajstić information content (AvgIpc) is 2.40. The molecule has 0 spiro atoms. The van der Waals surface area contributed by atoms with Crippen LogP contribution in [-0.4, -0.2) is 23.6 Å². The van der Waals surface area contributed by atoms with Gasteiger partial charge in [0.2, 0.25) is 0 Å². The molecule has 19 heavy (non-hydrogen) atoms. The summed E-state index contributed by atoms with van der Waals surface area (Å²) in [7, 11) is 1.64. The third kappa shape index (κ3) is 3.57. The molecule has 6 heteroatoms. The van der Waals surface area contributed by atoms with E-state index in [2.05, 4.69) is 36.5 Å². The standard InChI is InChI=1S/C13H15BrN4O/c1-3-15-12-7-13(17-8-16-12)18-9-4-5-11(19-2)10(14)6-9/h4-8H,3H2,1-2H3,(H2,15,16,17,18). The predicted molar refractivity (Wildman–Crippen MR) is 80.2 cm³/mol. The van der Waals surface area contributed by atoms with Gasteiger partial charge in [-0.1, -0.05) is 0 Å². The van der Waals surface area contributed by atoms with Crippen LogP contribution in [0.5, 0.6) is 5.75 Å². The molecule has 0 bridgehead atoms. The number of hydrogen-bond donors (Lipinski definition) is 2. The van der Waals surface area contributed by atoms with Crippen LogP contribution in [0.1, 0.15) is 6.92 Å². The highest BCUT2D eigenvalue weighted by atomic mass is 79.9. The molecule has 0 amide bonds. The van der Waals surface area contributed by atoms with Gasteiger partial charge in [0.15, 0.2) is 0 Å². The van der Waals surface area contributed by atoms with E-state index >= 15 is 0 Å². The second-order valence-electron chi connectivity index (χ2n) is 3.79. The van der Waals surface area contributed by atoms with Crippen LogP contribution in [0.2, 0.25) is 0 Å². The lowest BCUT2D eigenvalue weighted by Crippen LogP contribution is -2.01. The van der Waals surface area contributed by atoms with Crippen LogP contribution >= 0.6 is 15.9 Å². The first-order valence-electron chi connectivity index (χ1n) is 5.89. The molecule has 0 atom stereocenters. The van der Waals surface area contributed by atoms with E-state index in [4.69, 9.17) is 4.74 Å². The number of methoxy groups -OCH3 is 1. The first-order valence-corrected chi connectivity index (χ1v) is 6.68. The van der Waals surface area contributed by atoms with Crippen LogP contribution in [-0.2, 0) is 0 Å². The van der Waals surface area contributed by atoms with Crippen LogP contribution in [0.15, 0.2) is 35.1 Å². The SMILES string of the molecule is CCNc1cc(Nc2ccc(OC)c(Br)c2)ncn1. The van der Waals surface area contributed by atoms with Gasteiger partial charge in [0, 0.05) is 18.3 Å². The molecule has 2 N–H and O–H groups in total. The average molecular weight is 323 g/mol. The molecule has 0 unspecified atom stereocenters. The molecule has 0 aliphatic carbocycles. The summed E-state index contributed by atoms with van der Waals surface area (Å²) in [5.74, 6) is 2.33. The van der Waals surface area contributed by atoms with E-state index in [0.29, 0.717) is 0 Å². The van der Waals surface area contributed by atoms with Gasteiger partial charge in [-0.25, -0.2) is 9.97 Å². The van der Waals surface area contributed by atoms with Crippen molar-refractivity contribution >= 4 is 33.3 Å². The van der Waals surface area contributed by atoms with E-state index in [0.717, 1.165) is 34.1 Å². The number of benzene rings is 1. The summed E-state index contributed by atoms with van der Waals surface area (Å²) in [6.45, 7) is 2.85. The summed E-state index contributed by atoms with van der Waals surface area (Å²) in [6, 6.07) is 7.62.